The molecule has 0 aromatic heterocycles. The predicted molar refractivity (Wildman–Crippen MR) is 101 cm³/mol. The number of allylic oxidation sites excluding steroid dienone is 2. The van der Waals surface area contributed by atoms with Crippen LogP contribution in [0.15, 0.2) is 58.9 Å². The highest BCUT2D eigenvalue weighted by Gasteiger charge is 2.37. The van der Waals surface area contributed by atoms with E-state index < -0.39 is 17.7 Å². The molecule has 2 aliphatic heterocycles. The van der Waals surface area contributed by atoms with Crippen molar-refractivity contribution in [3.8, 4) is 0 Å². The van der Waals surface area contributed by atoms with Crippen LogP contribution in [0.5, 0.6) is 0 Å². The first-order chi connectivity index (χ1) is 12.6. The second kappa shape index (κ2) is 6.38. The third-order valence-corrected chi connectivity index (χ3v) is 4.92. The van der Waals surface area contributed by atoms with E-state index in [0.717, 1.165) is 17.0 Å². The fraction of sp³-hybridized carbons (Fsp3) is 0.167. The van der Waals surface area contributed by atoms with E-state index in [4.69, 9.17) is 0 Å². The maximum atomic E-state index is 11.9. The number of aliphatic imine (C=N–C) groups is 1. The molecule has 0 saturated carbocycles. The van der Waals surface area contributed by atoms with Crippen molar-refractivity contribution >= 4 is 39.9 Å². The van der Waals surface area contributed by atoms with E-state index in [1.54, 1.807) is 11.1 Å². The van der Waals surface area contributed by atoms with E-state index in [9.17, 15) is 14.7 Å². The van der Waals surface area contributed by atoms with Crippen LogP contribution in [0, 0.1) is 0 Å². The summed E-state index contributed by atoms with van der Waals surface area (Å²) >= 11 is 1.46. The normalized spacial score (nSPS) is 21.4. The van der Waals surface area contributed by atoms with E-state index in [1.165, 1.54) is 23.9 Å². The number of aliphatic hydroxyl groups is 1. The minimum absolute atomic E-state index is 0.0959. The van der Waals surface area contributed by atoms with Gasteiger partial charge in [-0.2, -0.15) is 4.99 Å². The number of benzene rings is 1. The zero-order valence-corrected chi connectivity index (χ0v) is 14.7. The molecule has 1 aromatic carbocycles. The zero-order chi connectivity index (χ0) is 18.3. The highest BCUT2D eigenvalue weighted by atomic mass is 32.2. The molecule has 0 fully saturated rings. The molecule has 1 aliphatic carbocycles. The maximum Gasteiger partial charge on any atom is 0.240 e. The van der Waals surface area contributed by atoms with Crippen molar-refractivity contribution in [3.05, 3.63) is 59.5 Å². The van der Waals surface area contributed by atoms with Crippen molar-refractivity contribution in [2.24, 2.45) is 4.99 Å². The van der Waals surface area contributed by atoms with E-state index in [2.05, 4.69) is 15.7 Å². The lowest BCUT2D eigenvalue weighted by atomic mass is 9.98. The van der Waals surface area contributed by atoms with Crippen LogP contribution in [-0.4, -0.2) is 38.8 Å². The number of ketones is 2. The van der Waals surface area contributed by atoms with Gasteiger partial charge in [-0.25, -0.2) is 0 Å². The van der Waals surface area contributed by atoms with Gasteiger partial charge in [-0.3, -0.25) is 20.0 Å². The minimum atomic E-state index is -0.563. The average molecular weight is 368 g/mol. The Labute approximate surface area is 154 Å². The highest BCUT2D eigenvalue weighted by molar-refractivity contribution is 8.13. The molecule has 8 heteroatoms. The monoisotopic (exact) mass is 368 g/mol. The Hall–Kier alpha value is -3.00. The van der Waals surface area contributed by atoms with Crippen molar-refractivity contribution in [3.63, 3.8) is 0 Å². The lowest BCUT2D eigenvalue weighted by Gasteiger charge is -2.43. The van der Waals surface area contributed by atoms with E-state index >= 15 is 0 Å². The van der Waals surface area contributed by atoms with Gasteiger partial charge in [0.1, 0.15) is 11.9 Å². The average Bonchev–Trinajstić information content (AvgIpc) is 2.63. The summed E-state index contributed by atoms with van der Waals surface area (Å²) in [5.41, 5.74) is 5.92. The summed E-state index contributed by atoms with van der Waals surface area (Å²) in [5.74, 6) is -0.417. The van der Waals surface area contributed by atoms with Gasteiger partial charge in [0.25, 0.3) is 0 Å². The summed E-state index contributed by atoms with van der Waals surface area (Å²) in [6.07, 6.45) is 3.72. The Morgan fingerprint density at radius 3 is 2.81 bits per heavy atom. The Bertz CT molecular complexity index is 932. The van der Waals surface area contributed by atoms with Crippen molar-refractivity contribution in [1.82, 2.24) is 10.4 Å². The van der Waals surface area contributed by atoms with Gasteiger partial charge in [0.2, 0.25) is 17.4 Å². The molecule has 2 heterocycles. The van der Waals surface area contributed by atoms with Gasteiger partial charge in [-0.1, -0.05) is 43.0 Å². The van der Waals surface area contributed by atoms with Crippen molar-refractivity contribution < 1.29 is 14.7 Å². The molecule has 26 heavy (non-hydrogen) atoms. The number of hydrogen-bond donors (Lipinski definition) is 3. The Morgan fingerprint density at radius 1 is 1.23 bits per heavy atom. The summed E-state index contributed by atoms with van der Waals surface area (Å²) in [7, 11) is 0. The molecule has 0 unspecified atom stereocenters. The molecular weight excluding hydrogens is 352 g/mol. The topological polar surface area (TPSA) is 94.0 Å². The second-order valence-corrected chi connectivity index (χ2v) is 7.06. The van der Waals surface area contributed by atoms with Gasteiger partial charge in [-0.05, 0) is 24.0 Å². The first kappa shape index (κ1) is 16.5. The third-order valence-electron chi connectivity index (χ3n) is 4.17. The summed E-state index contributed by atoms with van der Waals surface area (Å²) in [4.78, 5) is 27.6. The van der Waals surface area contributed by atoms with E-state index in [1.807, 2.05) is 31.2 Å². The fourth-order valence-electron chi connectivity index (χ4n) is 3.04. The zero-order valence-electron chi connectivity index (χ0n) is 13.9. The number of nitrogens with one attached hydrogen (secondary N) is 2. The Morgan fingerprint density at radius 2 is 2.04 bits per heavy atom. The first-order valence-electron chi connectivity index (χ1n) is 8.13. The summed E-state index contributed by atoms with van der Waals surface area (Å²) < 4.78 is 0. The number of anilines is 1. The van der Waals surface area contributed by atoms with Gasteiger partial charge in [0.15, 0.2) is 5.17 Å². The smallest absolute Gasteiger partial charge is 0.240 e. The lowest BCUT2D eigenvalue weighted by molar-refractivity contribution is -0.131. The first-order valence-corrected chi connectivity index (χ1v) is 9.11. The van der Waals surface area contributed by atoms with Crippen LogP contribution >= 0.6 is 11.8 Å². The lowest BCUT2D eigenvalue weighted by Crippen LogP contribution is -2.54. The van der Waals surface area contributed by atoms with Gasteiger partial charge >= 0.3 is 0 Å². The Kier molecular flexibility index (Phi) is 4.04. The van der Waals surface area contributed by atoms with Crippen LogP contribution in [-0.2, 0) is 9.59 Å². The van der Waals surface area contributed by atoms with Crippen molar-refractivity contribution in [2.75, 3.05) is 11.1 Å². The molecule has 3 aliphatic rings. The number of para-hydroxylation sites is 1. The largest absolute Gasteiger partial charge is 0.492 e. The number of carbonyl (C=O) groups is 2. The van der Waals surface area contributed by atoms with Crippen LogP contribution in [0.25, 0.3) is 5.70 Å². The predicted octanol–water partition coefficient (Wildman–Crippen LogP) is 2.19. The number of hydrazine groups is 1. The molecule has 1 aromatic rings. The highest BCUT2D eigenvalue weighted by Crippen LogP contribution is 2.38. The number of hydrogen-bond acceptors (Lipinski definition) is 8. The molecule has 3 N–H and O–H groups in total. The third kappa shape index (κ3) is 2.68. The molecule has 0 radical (unpaired) electrons. The van der Waals surface area contributed by atoms with Gasteiger partial charge in [0.05, 0.1) is 0 Å². The number of carbonyl (C=O) groups excluding carboxylic acids is 2. The molecule has 7 nitrogen and oxygen atoms in total. The number of amidine groups is 1. The summed E-state index contributed by atoms with van der Waals surface area (Å²) in [6, 6.07) is 7.53. The number of aliphatic hydroxyl groups excluding tert-OH is 1. The fourth-order valence-corrected chi connectivity index (χ4v) is 3.63. The van der Waals surface area contributed by atoms with Gasteiger partial charge < -0.3 is 10.4 Å². The number of nitrogens with zero attached hydrogens (tertiary/aromatic N) is 2. The molecular formula is C18H16N4O3S. The number of fused-ring (bicyclic) bond motifs is 3. The van der Waals surface area contributed by atoms with Gasteiger partial charge in [-0.15, -0.1) is 0 Å². The second-order valence-electron chi connectivity index (χ2n) is 5.80. The van der Waals surface area contributed by atoms with Crippen LogP contribution in [0.1, 0.15) is 12.5 Å². The quantitative estimate of drug-likeness (QED) is 0.544. The number of rotatable bonds is 2. The summed E-state index contributed by atoms with van der Waals surface area (Å²) in [5, 5.41) is 16.2. The molecule has 0 spiro atoms. The standard InChI is InChI=1S/C18H16N4O3S/c1-2-26-18-20-17(25)15-11-5-3-4-6-12(11)19-16(22(15)21-18)10-7-8-13(23)14(24)9-10/h3-9,16,19,25H,2H2,1H3,(H,20,21)/t16-/m1/s1. The maximum absolute atomic E-state index is 11.9. The van der Waals surface area contributed by atoms with Crippen LogP contribution < -0.4 is 10.7 Å². The molecule has 132 valence electrons. The van der Waals surface area contributed by atoms with E-state index in [0.29, 0.717) is 16.4 Å². The minimum Gasteiger partial charge on any atom is -0.492 e. The molecule has 1 atom stereocenters. The SMILES string of the molecule is CCSC1=NC(O)=C2c3ccccc3N[C@@H](C3=CC(=O)C(=O)C=C3)N2N1. The van der Waals surface area contributed by atoms with Crippen LogP contribution in [0.4, 0.5) is 5.69 Å². The van der Waals surface area contributed by atoms with Crippen molar-refractivity contribution in [1.29, 1.82) is 0 Å². The van der Waals surface area contributed by atoms with Crippen LogP contribution in [0.2, 0.25) is 0 Å². The molecule has 0 bridgehead atoms. The van der Waals surface area contributed by atoms with Gasteiger partial charge in [0, 0.05) is 16.8 Å². The summed E-state index contributed by atoms with van der Waals surface area (Å²) in [6.45, 7) is 1.99. The molecule has 4 rings (SSSR count). The van der Waals surface area contributed by atoms with Crippen molar-refractivity contribution in [2.45, 2.75) is 13.1 Å². The molecule has 0 saturated heterocycles. The molecule has 0 amide bonds. The van der Waals surface area contributed by atoms with E-state index in [-0.39, 0.29) is 5.88 Å². The van der Waals surface area contributed by atoms with Crippen LogP contribution in [0.3, 0.4) is 0 Å². The number of thioether (sulfide) groups is 1. The Balaban J connectivity index is 1.83.